The smallest absolute Gasteiger partial charge is 0.306 e. The van der Waals surface area contributed by atoms with Gasteiger partial charge in [0.1, 0.15) is 5.82 Å². The van der Waals surface area contributed by atoms with E-state index in [1.54, 1.807) is 42.5 Å². The first-order valence-electron chi connectivity index (χ1n) is 7.65. The summed E-state index contributed by atoms with van der Waals surface area (Å²) in [4.78, 5) is 23.5. The predicted molar refractivity (Wildman–Crippen MR) is 86.7 cm³/mol. The Morgan fingerprint density at radius 2 is 1.70 bits per heavy atom. The number of Topliss-reactive ketones (excluding diaryl/α,β-unsaturated/α-hetero) is 1. The van der Waals surface area contributed by atoms with Crippen molar-refractivity contribution in [1.29, 1.82) is 0 Å². The molecule has 0 aliphatic rings. The molecule has 0 spiro atoms. The van der Waals surface area contributed by atoms with E-state index in [0.717, 1.165) is 6.42 Å². The van der Waals surface area contributed by atoms with Gasteiger partial charge in [-0.05, 0) is 18.1 Å². The molecule has 3 nitrogen and oxygen atoms in total. The van der Waals surface area contributed by atoms with E-state index in [1.165, 1.54) is 6.07 Å². The van der Waals surface area contributed by atoms with E-state index in [-0.39, 0.29) is 30.4 Å². The van der Waals surface area contributed by atoms with E-state index in [9.17, 15) is 14.0 Å². The molecule has 0 N–H and O–H groups in total. The Labute approximate surface area is 135 Å². The summed E-state index contributed by atoms with van der Waals surface area (Å²) in [7, 11) is 0. The quantitative estimate of drug-likeness (QED) is 0.561. The Hall–Kier alpha value is -2.49. The fraction of sp³-hybridized carbons (Fsp3) is 0.263. The van der Waals surface area contributed by atoms with Gasteiger partial charge in [-0.25, -0.2) is 4.39 Å². The van der Waals surface area contributed by atoms with Crippen LogP contribution in [0.2, 0.25) is 0 Å². The van der Waals surface area contributed by atoms with Crippen LogP contribution in [0.1, 0.15) is 36.5 Å². The van der Waals surface area contributed by atoms with Crippen molar-refractivity contribution in [3.8, 4) is 11.1 Å². The van der Waals surface area contributed by atoms with Crippen molar-refractivity contribution in [2.45, 2.75) is 26.2 Å². The monoisotopic (exact) mass is 314 g/mol. The molecule has 0 aliphatic heterocycles. The number of hydrogen-bond donors (Lipinski definition) is 0. The van der Waals surface area contributed by atoms with Gasteiger partial charge in [0.05, 0.1) is 13.0 Å². The van der Waals surface area contributed by atoms with Crippen LogP contribution in [0.3, 0.4) is 0 Å². The molecule has 2 aromatic carbocycles. The van der Waals surface area contributed by atoms with Crippen LogP contribution in [0, 0.1) is 5.82 Å². The van der Waals surface area contributed by atoms with Crippen molar-refractivity contribution >= 4 is 11.8 Å². The second-order valence-corrected chi connectivity index (χ2v) is 5.20. The van der Waals surface area contributed by atoms with Crippen LogP contribution in [0.25, 0.3) is 11.1 Å². The lowest BCUT2D eigenvalue weighted by molar-refractivity contribution is -0.143. The van der Waals surface area contributed by atoms with Crippen molar-refractivity contribution in [2.24, 2.45) is 0 Å². The average Bonchev–Trinajstić information content (AvgIpc) is 2.58. The zero-order valence-electron chi connectivity index (χ0n) is 13.0. The first-order chi connectivity index (χ1) is 11.1. The lowest BCUT2D eigenvalue weighted by Gasteiger charge is -2.06. The standard InChI is InChI=1S/C19H19FO3/c1-2-13-23-19(22)12-11-18(21)15-9-7-14(8-10-15)16-5-3-4-6-17(16)20/h3-10H,2,11-13H2,1H3. The normalized spacial score (nSPS) is 10.3. The molecule has 2 aromatic rings. The van der Waals surface area contributed by atoms with Crippen LogP contribution < -0.4 is 0 Å². The molecule has 0 atom stereocenters. The molecule has 120 valence electrons. The number of hydrogen-bond acceptors (Lipinski definition) is 3. The molecule has 4 heteroatoms. The second kappa shape index (κ2) is 8.22. The van der Waals surface area contributed by atoms with Gasteiger partial charge in [0.15, 0.2) is 5.78 Å². The molecule has 0 bridgehead atoms. The van der Waals surface area contributed by atoms with Crippen molar-refractivity contribution in [1.82, 2.24) is 0 Å². The number of carbonyl (C=O) groups excluding carboxylic acids is 2. The summed E-state index contributed by atoms with van der Waals surface area (Å²) in [5.41, 5.74) is 1.71. The fourth-order valence-electron chi connectivity index (χ4n) is 2.18. The zero-order valence-corrected chi connectivity index (χ0v) is 13.0. The van der Waals surface area contributed by atoms with Gasteiger partial charge < -0.3 is 4.74 Å². The summed E-state index contributed by atoms with van der Waals surface area (Å²) >= 11 is 0. The van der Waals surface area contributed by atoms with Crippen LogP contribution in [0.5, 0.6) is 0 Å². The van der Waals surface area contributed by atoms with E-state index >= 15 is 0 Å². The molecule has 0 heterocycles. The highest BCUT2D eigenvalue weighted by Crippen LogP contribution is 2.23. The Balaban J connectivity index is 1.98. The van der Waals surface area contributed by atoms with Crippen molar-refractivity contribution in [3.63, 3.8) is 0 Å². The summed E-state index contributed by atoms with van der Waals surface area (Å²) in [5, 5.41) is 0. The highest BCUT2D eigenvalue weighted by molar-refractivity contribution is 5.97. The van der Waals surface area contributed by atoms with Gasteiger partial charge in [-0.2, -0.15) is 0 Å². The summed E-state index contributed by atoms with van der Waals surface area (Å²) in [6, 6.07) is 13.2. The summed E-state index contributed by atoms with van der Waals surface area (Å²) in [6.07, 6.45) is 0.951. The average molecular weight is 314 g/mol. The molecule has 0 saturated carbocycles. The first kappa shape index (κ1) is 16.9. The lowest BCUT2D eigenvalue weighted by Crippen LogP contribution is -2.08. The van der Waals surface area contributed by atoms with E-state index < -0.39 is 0 Å². The maximum absolute atomic E-state index is 13.7. The van der Waals surface area contributed by atoms with Crippen LogP contribution >= 0.6 is 0 Å². The largest absolute Gasteiger partial charge is 0.466 e. The maximum atomic E-state index is 13.7. The number of benzene rings is 2. The molecule has 2 rings (SSSR count). The van der Waals surface area contributed by atoms with E-state index in [0.29, 0.717) is 23.3 Å². The maximum Gasteiger partial charge on any atom is 0.306 e. The summed E-state index contributed by atoms with van der Waals surface area (Å²) in [5.74, 6) is -0.785. The van der Waals surface area contributed by atoms with Crippen LogP contribution in [0.4, 0.5) is 4.39 Å². The zero-order chi connectivity index (χ0) is 16.7. The van der Waals surface area contributed by atoms with Gasteiger partial charge in [0, 0.05) is 17.5 Å². The van der Waals surface area contributed by atoms with Gasteiger partial charge in [-0.15, -0.1) is 0 Å². The number of ketones is 1. The van der Waals surface area contributed by atoms with Gasteiger partial charge in [0.2, 0.25) is 0 Å². The molecule has 0 saturated heterocycles. The van der Waals surface area contributed by atoms with Gasteiger partial charge in [-0.3, -0.25) is 9.59 Å². The minimum atomic E-state index is -0.358. The van der Waals surface area contributed by atoms with Crippen molar-refractivity contribution in [3.05, 3.63) is 59.9 Å². The topological polar surface area (TPSA) is 43.4 Å². The molecule has 0 aromatic heterocycles. The SMILES string of the molecule is CCCOC(=O)CCC(=O)c1ccc(-c2ccccc2F)cc1. The Kier molecular flexibility index (Phi) is 6.03. The Bertz CT molecular complexity index is 677. The number of halogens is 1. The highest BCUT2D eigenvalue weighted by Gasteiger charge is 2.11. The molecular weight excluding hydrogens is 295 g/mol. The van der Waals surface area contributed by atoms with Crippen molar-refractivity contribution in [2.75, 3.05) is 6.61 Å². The summed E-state index contributed by atoms with van der Waals surface area (Å²) < 4.78 is 18.7. The molecule has 0 unspecified atom stereocenters. The third kappa shape index (κ3) is 4.74. The van der Waals surface area contributed by atoms with Crippen LogP contribution in [-0.2, 0) is 9.53 Å². The van der Waals surface area contributed by atoms with Crippen LogP contribution in [-0.4, -0.2) is 18.4 Å². The Morgan fingerprint density at radius 1 is 1.00 bits per heavy atom. The minimum absolute atomic E-state index is 0.0773. The van der Waals surface area contributed by atoms with Crippen LogP contribution in [0.15, 0.2) is 48.5 Å². The molecule has 0 radical (unpaired) electrons. The van der Waals surface area contributed by atoms with E-state index in [2.05, 4.69) is 0 Å². The third-order valence-corrected chi connectivity index (χ3v) is 3.42. The molecule has 23 heavy (non-hydrogen) atoms. The molecule has 0 amide bonds. The summed E-state index contributed by atoms with van der Waals surface area (Å²) in [6.45, 7) is 2.29. The molecule has 0 fully saturated rings. The number of carbonyl (C=O) groups is 2. The Morgan fingerprint density at radius 3 is 2.35 bits per heavy atom. The second-order valence-electron chi connectivity index (χ2n) is 5.20. The van der Waals surface area contributed by atoms with Gasteiger partial charge in [-0.1, -0.05) is 49.4 Å². The first-order valence-corrected chi connectivity index (χ1v) is 7.65. The molecular formula is C19H19FO3. The predicted octanol–water partition coefficient (Wildman–Crippen LogP) is 4.41. The highest BCUT2D eigenvalue weighted by atomic mass is 19.1. The van der Waals surface area contributed by atoms with Gasteiger partial charge >= 0.3 is 5.97 Å². The minimum Gasteiger partial charge on any atom is -0.466 e. The number of rotatable bonds is 7. The number of esters is 1. The fourth-order valence-corrected chi connectivity index (χ4v) is 2.18. The van der Waals surface area contributed by atoms with Crippen molar-refractivity contribution < 1.29 is 18.7 Å². The van der Waals surface area contributed by atoms with Gasteiger partial charge in [0.25, 0.3) is 0 Å². The third-order valence-electron chi connectivity index (χ3n) is 3.42. The van der Waals surface area contributed by atoms with E-state index in [1.807, 2.05) is 6.92 Å². The van der Waals surface area contributed by atoms with E-state index in [4.69, 9.17) is 4.74 Å². The number of ether oxygens (including phenoxy) is 1. The molecule has 0 aliphatic carbocycles. The lowest BCUT2D eigenvalue weighted by atomic mass is 10.0.